The van der Waals surface area contributed by atoms with Gasteiger partial charge in [0.15, 0.2) is 5.76 Å². The first kappa shape index (κ1) is 10.7. The molecule has 2 aromatic heterocycles. The van der Waals surface area contributed by atoms with E-state index in [1.807, 2.05) is 31.2 Å². The minimum absolute atomic E-state index is 0.101. The van der Waals surface area contributed by atoms with Gasteiger partial charge in [0, 0.05) is 17.1 Å². The monoisotopic (exact) mass is 237 g/mol. The van der Waals surface area contributed by atoms with E-state index in [4.69, 9.17) is 4.42 Å². The Balaban J connectivity index is 2.21. The molecule has 0 spiro atoms. The Morgan fingerprint density at radius 1 is 1.17 bits per heavy atom. The smallest absolute Gasteiger partial charge is 0.229 e. The number of aromatic nitrogens is 1. The van der Waals surface area contributed by atoms with Crippen molar-refractivity contribution in [3.05, 3.63) is 65.7 Å². The number of carbonyl (C=O) groups excluding carboxylic acids is 1. The number of hydrogen-bond acceptors (Lipinski definition) is 3. The molecule has 0 fully saturated rings. The highest BCUT2D eigenvalue weighted by Gasteiger charge is 2.17. The van der Waals surface area contributed by atoms with Gasteiger partial charge in [0.05, 0.1) is 11.8 Å². The second-order valence-electron chi connectivity index (χ2n) is 4.14. The zero-order chi connectivity index (χ0) is 12.5. The maximum absolute atomic E-state index is 12.4. The van der Waals surface area contributed by atoms with E-state index in [-0.39, 0.29) is 5.78 Å². The highest BCUT2D eigenvalue weighted by molar-refractivity contribution is 6.15. The molecule has 3 aromatic rings. The predicted octanol–water partition coefficient (Wildman–Crippen LogP) is 3.37. The van der Waals surface area contributed by atoms with Crippen LogP contribution in [0.2, 0.25) is 0 Å². The molecule has 88 valence electrons. The molecule has 0 amide bonds. The van der Waals surface area contributed by atoms with Crippen molar-refractivity contribution < 1.29 is 9.21 Å². The van der Waals surface area contributed by atoms with Crippen LogP contribution in [0.3, 0.4) is 0 Å². The zero-order valence-corrected chi connectivity index (χ0v) is 9.88. The first-order valence-electron chi connectivity index (χ1n) is 5.70. The summed E-state index contributed by atoms with van der Waals surface area (Å²) in [5, 5.41) is 0.848. The van der Waals surface area contributed by atoms with Crippen molar-refractivity contribution in [1.82, 2.24) is 4.98 Å². The topological polar surface area (TPSA) is 43.1 Å². The van der Waals surface area contributed by atoms with Crippen molar-refractivity contribution in [2.75, 3.05) is 0 Å². The summed E-state index contributed by atoms with van der Waals surface area (Å²) >= 11 is 0. The van der Waals surface area contributed by atoms with Crippen LogP contribution in [-0.4, -0.2) is 10.8 Å². The van der Waals surface area contributed by atoms with Crippen LogP contribution in [0.1, 0.15) is 21.7 Å². The first-order chi connectivity index (χ1) is 8.77. The van der Waals surface area contributed by atoms with Crippen LogP contribution in [0.5, 0.6) is 0 Å². The normalized spacial score (nSPS) is 10.7. The molecule has 0 radical (unpaired) electrons. The van der Waals surface area contributed by atoms with Gasteiger partial charge in [0.2, 0.25) is 5.78 Å². The van der Waals surface area contributed by atoms with Crippen molar-refractivity contribution in [1.29, 1.82) is 0 Å². The van der Waals surface area contributed by atoms with Crippen molar-refractivity contribution in [3.63, 3.8) is 0 Å². The summed E-state index contributed by atoms with van der Waals surface area (Å²) in [7, 11) is 0. The fraction of sp³-hybridized carbons (Fsp3) is 0.0667. The van der Waals surface area contributed by atoms with Gasteiger partial charge in [-0.3, -0.25) is 9.78 Å². The van der Waals surface area contributed by atoms with Crippen LogP contribution in [0, 0.1) is 6.92 Å². The zero-order valence-electron chi connectivity index (χ0n) is 9.88. The molecule has 0 saturated carbocycles. The number of nitrogens with zero attached hydrogens (tertiary/aromatic N) is 1. The number of furan rings is 1. The van der Waals surface area contributed by atoms with E-state index in [9.17, 15) is 4.79 Å². The van der Waals surface area contributed by atoms with Crippen LogP contribution < -0.4 is 0 Å². The Hall–Kier alpha value is -2.42. The fourth-order valence-corrected chi connectivity index (χ4v) is 2.03. The van der Waals surface area contributed by atoms with Crippen LogP contribution in [0.15, 0.2) is 53.3 Å². The summed E-state index contributed by atoms with van der Waals surface area (Å²) < 4.78 is 5.26. The van der Waals surface area contributed by atoms with Gasteiger partial charge in [0.25, 0.3) is 0 Å². The molecule has 18 heavy (non-hydrogen) atoms. The molecule has 0 aliphatic rings. The number of ketones is 1. The summed E-state index contributed by atoms with van der Waals surface area (Å²) in [5.74, 6) is 0.294. The summed E-state index contributed by atoms with van der Waals surface area (Å²) in [5.41, 5.74) is 2.28. The number of benzene rings is 1. The third kappa shape index (κ3) is 1.61. The van der Waals surface area contributed by atoms with Gasteiger partial charge in [-0.15, -0.1) is 0 Å². The quantitative estimate of drug-likeness (QED) is 0.642. The Kier molecular flexibility index (Phi) is 2.45. The van der Waals surface area contributed by atoms with Crippen LogP contribution >= 0.6 is 0 Å². The molecular weight excluding hydrogens is 226 g/mol. The third-order valence-corrected chi connectivity index (χ3v) is 2.96. The molecule has 0 unspecified atom stereocenters. The fourth-order valence-electron chi connectivity index (χ4n) is 2.03. The highest BCUT2D eigenvalue weighted by Crippen LogP contribution is 2.21. The number of aryl methyl sites for hydroxylation is 1. The second-order valence-corrected chi connectivity index (χ2v) is 4.14. The minimum atomic E-state index is -0.101. The largest absolute Gasteiger partial charge is 0.461 e. The molecule has 0 saturated heterocycles. The van der Waals surface area contributed by atoms with Crippen molar-refractivity contribution in [2.45, 2.75) is 6.92 Å². The van der Waals surface area contributed by atoms with E-state index in [0.717, 1.165) is 16.5 Å². The molecule has 0 aliphatic carbocycles. The van der Waals surface area contributed by atoms with Gasteiger partial charge in [-0.2, -0.15) is 0 Å². The lowest BCUT2D eigenvalue weighted by Gasteiger charge is -2.03. The highest BCUT2D eigenvalue weighted by atomic mass is 16.3. The van der Waals surface area contributed by atoms with Gasteiger partial charge in [0.1, 0.15) is 0 Å². The van der Waals surface area contributed by atoms with Crippen molar-refractivity contribution >= 4 is 16.7 Å². The van der Waals surface area contributed by atoms with E-state index in [1.165, 1.54) is 6.26 Å². The predicted molar refractivity (Wildman–Crippen MR) is 68.6 cm³/mol. The van der Waals surface area contributed by atoms with Crippen LogP contribution in [0.25, 0.3) is 10.9 Å². The average Bonchev–Trinajstić information content (AvgIpc) is 2.83. The molecular formula is C15H11NO2. The van der Waals surface area contributed by atoms with Crippen LogP contribution in [-0.2, 0) is 0 Å². The SMILES string of the molecule is Cc1ccoc1C(=O)c1cccc2ncccc12. The Labute approximate surface area is 104 Å². The molecule has 0 atom stereocenters. The van der Waals surface area contributed by atoms with E-state index in [0.29, 0.717) is 11.3 Å². The lowest BCUT2D eigenvalue weighted by Crippen LogP contribution is -2.02. The lowest BCUT2D eigenvalue weighted by atomic mass is 10.0. The lowest BCUT2D eigenvalue weighted by molar-refractivity contribution is 0.101. The Morgan fingerprint density at radius 2 is 2.06 bits per heavy atom. The number of rotatable bonds is 2. The summed E-state index contributed by atoms with van der Waals surface area (Å²) in [6.07, 6.45) is 3.25. The molecule has 0 aliphatic heterocycles. The maximum atomic E-state index is 12.4. The van der Waals surface area contributed by atoms with E-state index in [2.05, 4.69) is 4.98 Å². The van der Waals surface area contributed by atoms with Crippen LogP contribution in [0.4, 0.5) is 0 Å². The standard InChI is InChI=1S/C15H11NO2/c1-10-7-9-18-15(10)14(17)12-4-2-6-13-11(12)5-3-8-16-13/h2-9H,1H3. The van der Waals surface area contributed by atoms with E-state index >= 15 is 0 Å². The Bertz CT molecular complexity index is 723. The van der Waals surface area contributed by atoms with Crippen molar-refractivity contribution in [2.24, 2.45) is 0 Å². The maximum Gasteiger partial charge on any atom is 0.229 e. The number of carbonyl (C=O) groups is 1. The summed E-state index contributed by atoms with van der Waals surface area (Å²) in [4.78, 5) is 16.7. The molecule has 3 nitrogen and oxygen atoms in total. The molecule has 0 bridgehead atoms. The summed E-state index contributed by atoms with van der Waals surface area (Å²) in [6, 6.07) is 11.0. The Morgan fingerprint density at radius 3 is 2.83 bits per heavy atom. The van der Waals surface area contributed by atoms with E-state index in [1.54, 1.807) is 18.3 Å². The molecule has 3 heteroatoms. The molecule has 0 N–H and O–H groups in total. The van der Waals surface area contributed by atoms with Gasteiger partial charge in [-0.1, -0.05) is 18.2 Å². The third-order valence-electron chi connectivity index (χ3n) is 2.96. The van der Waals surface area contributed by atoms with Gasteiger partial charge < -0.3 is 4.42 Å². The molecule has 3 rings (SSSR count). The summed E-state index contributed by atoms with van der Waals surface area (Å²) in [6.45, 7) is 1.86. The molecule has 1 aromatic carbocycles. The number of pyridine rings is 1. The molecule has 2 heterocycles. The first-order valence-corrected chi connectivity index (χ1v) is 5.70. The van der Waals surface area contributed by atoms with E-state index < -0.39 is 0 Å². The minimum Gasteiger partial charge on any atom is -0.461 e. The van der Waals surface area contributed by atoms with Gasteiger partial charge >= 0.3 is 0 Å². The average molecular weight is 237 g/mol. The van der Waals surface area contributed by atoms with Gasteiger partial charge in [-0.05, 0) is 30.7 Å². The van der Waals surface area contributed by atoms with Crippen molar-refractivity contribution in [3.8, 4) is 0 Å². The number of fused-ring (bicyclic) bond motifs is 1. The van der Waals surface area contributed by atoms with Gasteiger partial charge in [-0.25, -0.2) is 0 Å². The number of hydrogen-bond donors (Lipinski definition) is 0. The second kappa shape index (κ2) is 4.11.